The number of carbonyl (C=O) groups excluding carboxylic acids is 2. The van der Waals surface area contributed by atoms with Crippen LogP contribution in [-0.2, 0) is 22.6 Å². The van der Waals surface area contributed by atoms with E-state index in [1.807, 2.05) is 30.5 Å². The number of rotatable bonds is 14. The van der Waals surface area contributed by atoms with Crippen LogP contribution in [0.25, 0.3) is 0 Å². The van der Waals surface area contributed by atoms with Gasteiger partial charge in [0.15, 0.2) is 0 Å². The van der Waals surface area contributed by atoms with Crippen molar-refractivity contribution < 1.29 is 19.2 Å². The summed E-state index contributed by atoms with van der Waals surface area (Å²) in [4.78, 5) is 40.6. The van der Waals surface area contributed by atoms with Gasteiger partial charge in [0, 0.05) is 60.8 Å². The van der Waals surface area contributed by atoms with E-state index < -0.39 is 10.8 Å². The van der Waals surface area contributed by atoms with Crippen molar-refractivity contribution in [3.8, 4) is 0 Å². The molecular weight excluding hydrogens is 552 g/mol. The Kier molecular flexibility index (Phi) is 11.0. The molecule has 0 radical (unpaired) electrons. The van der Waals surface area contributed by atoms with Gasteiger partial charge in [0.05, 0.1) is 18.1 Å². The number of nitrogens with zero attached hydrogens (tertiary/aromatic N) is 4. The molecule has 202 valence electrons. The monoisotopic (exact) mass is 584 g/mol. The predicted molar refractivity (Wildman–Crippen MR) is 149 cm³/mol. The minimum absolute atomic E-state index is 0.151. The second kappa shape index (κ2) is 14.4. The molecule has 2 aromatic carbocycles. The van der Waals surface area contributed by atoms with Crippen molar-refractivity contribution >= 4 is 33.4 Å². The number of benzene rings is 2. The zero-order valence-electron chi connectivity index (χ0n) is 21.7. The van der Waals surface area contributed by atoms with Crippen LogP contribution < -0.4 is 0 Å². The third-order valence-corrected chi connectivity index (χ3v) is 6.69. The Bertz CT molecular complexity index is 1230. The number of nitro groups is 1. The number of non-ortho nitro benzene ring substituents is 1. The summed E-state index contributed by atoms with van der Waals surface area (Å²) in [7, 11) is 1.52. The van der Waals surface area contributed by atoms with E-state index in [2.05, 4.69) is 39.6 Å². The molecule has 0 N–H and O–H groups in total. The van der Waals surface area contributed by atoms with Crippen LogP contribution in [0.15, 0.2) is 71.3 Å². The molecule has 1 heterocycles. The molecule has 9 nitrogen and oxygen atoms in total. The minimum Gasteiger partial charge on any atom is -0.383 e. The number of hydrogen-bond donors (Lipinski definition) is 0. The Labute approximate surface area is 231 Å². The Morgan fingerprint density at radius 2 is 1.82 bits per heavy atom. The molecule has 0 unspecified atom stereocenters. The van der Waals surface area contributed by atoms with Gasteiger partial charge in [-0.25, -0.2) is 0 Å². The van der Waals surface area contributed by atoms with Crippen molar-refractivity contribution in [3.05, 3.63) is 98.3 Å². The fourth-order valence-corrected chi connectivity index (χ4v) is 4.29. The molecule has 0 aliphatic carbocycles. The molecule has 1 aromatic heterocycles. The molecule has 0 saturated heterocycles. The van der Waals surface area contributed by atoms with Crippen LogP contribution in [-0.4, -0.2) is 64.5 Å². The highest BCUT2D eigenvalue weighted by molar-refractivity contribution is 9.10. The molecule has 38 heavy (non-hydrogen) atoms. The van der Waals surface area contributed by atoms with Gasteiger partial charge < -0.3 is 19.1 Å². The molecule has 0 bridgehead atoms. The first-order valence-electron chi connectivity index (χ1n) is 12.5. The number of ether oxygens (including phenoxy) is 1. The van der Waals surface area contributed by atoms with Crippen molar-refractivity contribution in [2.24, 2.45) is 0 Å². The van der Waals surface area contributed by atoms with Crippen molar-refractivity contribution in [2.45, 2.75) is 32.9 Å². The van der Waals surface area contributed by atoms with Crippen LogP contribution in [0.2, 0.25) is 0 Å². The Balaban J connectivity index is 1.78. The quantitative estimate of drug-likeness (QED) is 0.193. The van der Waals surface area contributed by atoms with Crippen LogP contribution in [0.3, 0.4) is 0 Å². The lowest BCUT2D eigenvalue weighted by molar-refractivity contribution is -0.384. The van der Waals surface area contributed by atoms with Gasteiger partial charge in [-0.3, -0.25) is 19.7 Å². The highest BCUT2D eigenvalue weighted by Gasteiger charge is 2.24. The Morgan fingerprint density at radius 1 is 1.05 bits per heavy atom. The first kappa shape index (κ1) is 29.1. The second-order valence-electron chi connectivity index (χ2n) is 8.95. The van der Waals surface area contributed by atoms with E-state index in [-0.39, 0.29) is 36.9 Å². The SMILES string of the molecule is CCCCN(Cc1cccn1Cc1ccc(Br)cc1)C(=O)CN(CCOC)C(=O)c1cccc([N+](=O)[O-])c1. The lowest BCUT2D eigenvalue weighted by Gasteiger charge is -2.28. The summed E-state index contributed by atoms with van der Waals surface area (Å²) in [6.07, 6.45) is 3.75. The largest absolute Gasteiger partial charge is 0.383 e. The number of carbonyl (C=O) groups is 2. The van der Waals surface area contributed by atoms with Gasteiger partial charge in [0.2, 0.25) is 5.91 Å². The van der Waals surface area contributed by atoms with Crippen LogP contribution in [0.4, 0.5) is 5.69 Å². The molecule has 0 aliphatic rings. The third-order valence-electron chi connectivity index (χ3n) is 6.16. The van der Waals surface area contributed by atoms with E-state index in [1.165, 1.54) is 36.3 Å². The average Bonchev–Trinajstić information content (AvgIpc) is 3.35. The van der Waals surface area contributed by atoms with Gasteiger partial charge in [-0.1, -0.05) is 47.5 Å². The van der Waals surface area contributed by atoms with Crippen molar-refractivity contribution in [1.82, 2.24) is 14.4 Å². The lowest BCUT2D eigenvalue weighted by Crippen LogP contribution is -2.44. The van der Waals surface area contributed by atoms with Gasteiger partial charge in [-0.15, -0.1) is 0 Å². The number of aromatic nitrogens is 1. The number of hydrogen-bond acceptors (Lipinski definition) is 5. The van der Waals surface area contributed by atoms with Crippen LogP contribution in [0, 0.1) is 10.1 Å². The summed E-state index contributed by atoms with van der Waals surface area (Å²) in [5.74, 6) is -0.641. The summed E-state index contributed by atoms with van der Waals surface area (Å²) in [5.41, 5.74) is 2.12. The molecule has 0 aliphatic heterocycles. The number of halogens is 1. The van der Waals surface area contributed by atoms with Gasteiger partial charge >= 0.3 is 0 Å². The van der Waals surface area contributed by atoms with E-state index >= 15 is 0 Å². The van der Waals surface area contributed by atoms with Gasteiger partial charge in [-0.05, 0) is 42.3 Å². The maximum Gasteiger partial charge on any atom is 0.270 e. The van der Waals surface area contributed by atoms with Crippen molar-refractivity contribution in [3.63, 3.8) is 0 Å². The normalized spacial score (nSPS) is 10.8. The fraction of sp³-hybridized carbons (Fsp3) is 0.357. The van der Waals surface area contributed by atoms with E-state index in [0.717, 1.165) is 28.6 Å². The molecule has 0 atom stereocenters. The third kappa shape index (κ3) is 8.26. The zero-order chi connectivity index (χ0) is 27.5. The van der Waals surface area contributed by atoms with Crippen molar-refractivity contribution in [1.29, 1.82) is 0 Å². The summed E-state index contributed by atoms with van der Waals surface area (Å²) in [5, 5.41) is 11.2. The molecule has 3 aromatic rings. The van der Waals surface area contributed by atoms with Crippen LogP contribution in [0.1, 0.15) is 41.4 Å². The summed E-state index contributed by atoms with van der Waals surface area (Å²) >= 11 is 3.46. The predicted octanol–water partition coefficient (Wildman–Crippen LogP) is 5.12. The van der Waals surface area contributed by atoms with Gasteiger partial charge in [0.1, 0.15) is 6.54 Å². The molecular formula is C28H33BrN4O5. The van der Waals surface area contributed by atoms with Gasteiger partial charge in [-0.2, -0.15) is 0 Å². The van der Waals surface area contributed by atoms with Crippen molar-refractivity contribution in [2.75, 3.05) is 33.4 Å². The van der Waals surface area contributed by atoms with E-state index in [1.54, 1.807) is 4.90 Å². The number of methoxy groups -OCH3 is 1. The topological polar surface area (TPSA) is 97.9 Å². The first-order chi connectivity index (χ1) is 18.3. The standard InChI is InChI=1S/C28H33BrN4O5/c1-3-4-14-31(20-26-9-6-15-30(26)19-22-10-12-24(29)13-11-22)27(34)21-32(16-17-38-2)28(35)23-7-5-8-25(18-23)33(36)37/h5-13,15,18H,3-4,14,16-17,19-21H2,1-2H3. The highest BCUT2D eigenvalue weighted by atomic mass is 79.9. The fourth-order valence-electron chi connectivity index (χ4n) is 4.02. The highest BCUT2D eigenvalue weighted by Crippen LogP contribution is 2.17. The van der Waals surface area contributed by atoms with E-state index in [9.17, 15) is 19.7 Å². The maximum absolute atomic E-state index is 13.5. The lowest BCUT2D eigenvalue weighted by atomic mass is 10.1. The molecule has 0 spiro atoms. The molecule has 2 amide bonds. The molecule has 0 saturated carbocycles. The summed E-state index contributed by atoms with van der Waals surface area (Å²) in [6.45, 7) is 3.98. The Hall–Kier alpha value is -3.50. The van der Waals surface area contributed by atoms with E-state index in [0.29, 0.717) is 19.6 Å². The van der Waals surface area contributed by atoms with E-state index in [4.69, 9.17) is 4.74 Å². The molecule has 3 rings (SSSR count). The van der Waals surface area contributed by atoms with Crippen LogP contribution in [0.5, 0.6) is 0 Å². The zero-order valence-corrected chi connectivity index (χ0v) is 23.3. The van der Waals surface area contributed by atoms with Gasteiger partial charge in [0.25, 0.3) is 11.6 Å². The average molecular weight is 585 g/mol. The summed E-state index contributed by atoms with van der Waals surface area (Å²) in [6, 6.07) is 17.6. The van der Waals surface area contributed by atoms with Crippen LogP contribution >= 0.6 is 15.9 Å². The summed E-state index contributed by atoms with van der Waals surface area (Å²) < 4.78 is 8.29. The Morgan fingerprint density at radius 3 is 2.50 bits per heavy atom. The molecule has 0 fully saturated rings. The smallest absolute Gasteiger partial charge is 0.270 e. The number of unbranched alkanes of at least 4 members (excludes halogenated alkanes) is 1. The first-order valence-corrected chi connectivity index (χ1v) is 13.3. The number of amides is 2. The minimum atomic E-state index is -0.544. The number of nitro benzene ring substituents is 1. The second-order valence-corrected chi connectivity index (χ2v) is 9.87. The maximum atomic E-state index is 13.5. The molecule has 10 heteroatoms.